The van der Waals surface area contributed by atoms with E-state index in [1.807, 2.05) is 0 Å². The summed E-state index contributed by atoms with van der Waals surface area (Å²) < 4.78 is 36.0. The van der Waals surface area contributed by atoms with E-state index >= 15 is 0 Å². The van der Waals surface area contributed by atoms with Crippen molar-refractivity contribution in [2.45, 2.75) is 19.6 Å². The summed E-state index contributed by atoms with van der Waals surface area (Å²) in [6, 6.07) is 5.10. The van der Waals surface area contributed by atoms with Crippen LogP contribution >= 0.6 is 0 Å². The van der Waals surface area contributed by atoms with Crippen molar-refractivity contribution in [3.05, 3.63) is 30.2 Å². The fourth-order valence-corrected chi connectivity index (χ4v) is 2.95. The van der Waals surface area contributed by atoms with Crippen LogP contribution in [0.25, 0.3) is 27.7 Å². The predicted octanol–water partition coefficient (Wildman–Crippen LogP) is 2.23. The van der Waals surface area contributed by atoms with Gasteiger partial charge in [0.2, 0.25) is 11.8 Å². The number of methoxy groups -OCH3 is 1. The Morgan fingerprint density at radius 3 is 2.88 bits per heavy atom. The molecule has 0 aliphatic rings. The van der Waals surface area contributed by atoms with Gasteiger partial charge in [0.1, 0.15) is 17.2 Å². The fourth-order valence-electron chi connectivity index (χ4n) is 2.95. The van der Waals surface area contributed by atoms with Crippen LogP contribution in [0.1, 0.15) is 6.92 Å². The minimum atomic E-state index is -1.09. The number of halogens is 2. The summed E-state index contributed by atoms with van der Waals surface area (Å²) in [6.07, 6.45) is 0.112. The number of fused-ring (bicyclic) bond motifs is 2. The third-order valence-corrected chi connectivity index (χ3v) is 3.99. The molecule has 0 amide bonds. The van der Waals surface area contributed by atoms with Gasteiger partial charge in [0.25, 0.3) is 0 Å². The van der Waals surface area contributed by atoms with Crippen LogP contribution in [0.2, 0.25) is 0 Å². The van der Waals surface area contributed by atoms with E-state index in [-0.39, 0.29) is 23.9 Å². The molecule has 3 aromatic heterocycles. The van der Waals surface area contributed by atoms with Crippen molar-refractivity contribution in [3.8, 4) is 17.0 Å². The fraction of sp³-hybridized carbons (Fsp3) is 0.250. The lowest BCUT2D eigenvalue weighted by molar-refractivity contribution is 0.310. The number of ether oxygens (including phenoxy) is 1. The molecule has 2 N–H and O–H groups in total. The molecule has 0 fully saturated rings. The average Bonchev–Trinajstić information content (AvgIpc) is 3.13. The topological polar surface area (TPSA) is 96.2 Å². The molecule has 0 aliphatic heterocycles. The Bertz CT molecular complexity index is 1120. The van der Waals surface area contributed by atoms with Gasteiger partial charge in [-0.15, -0.1) is 10.2 Å². The number of rotatable bonds is 4. The summed E-state index contributed by atoms with van der Waals surface area (Å²) in [5.74, 6) is -0.397. The minimum Gasteiger partial charge on any atom is -0.479 e. The number of nitrogens with zero attached hydrogens (tertiary/aromatic N) is 6. The molecule has 0 radical (unpaired) electrons. The van der Waals surface area contributed by atoms with Gasteiger partial charge < -0.3 is 10.5 Å². The monoisotopic (exact) mass is 359 g/mol. The van der Waals surface area contributed by atoms with Crippen LogP contribution < -0.4 is 10.5 Å². The van der Waals surface area contributed by atoms with E-state index < -0.39 is 12.0 Å². The largest absolute Gasteiger partial charge is 0.479 e. The molecule has 4 rings (SSSR count). The van der Waals surface area contributed by atoms with E-state index in [2.05, 4.69) is 20.4 Å². The molecule has 3 heterocycles. The summed E-state index contributed by atoms with van der Waals surface area (Å²) in [5.41, 5.74) is 7.95. The molecular weight excluding hydrogens is 344 g/mol. The van der Waals surface area contributed by atoms with Gasteiger partial charge in [-0.1, -0.05) is 11.3 Å². The van der Waals surface area contributed by atoms with E-state index in [1.54, 1.807) is 18.2 Å². The summed E-state index contributed by atoms with van der Waals surface area (Å²) in [7, 11) is 1.42. The highest BCUT2D eigenvalue weighted by Gasteiger charge is 2.20. The second-order valence-electron chi connectivity index (χ2n) is 5.88. The average molecular weight is 359 g/mol. The Morgan fingerprint density at radius 1 is 1.35 bits per heavy atom. The maximum atomic E-state index is 14.7. The summed E-state index contributed by atoms with van der Waals surface area (Å²) in [6.45, 7) is 1.49. The maximum absolute atomic E-state index is 14.7. The Morgan fingerprint density at radius 2 is 2.15 bits per heavy atom. The number of hydrogen-bond acceptors (Lipinski definition) is 6. The lowest BCUT2D eigenvalue weighted by Crippen LogP contribution is -2.09. The highest BCUT2D eigenvalue weighted by Crippen LogP contribution is 2.34. The van der Waals surface area contributed by atoms with Crippen molar-refractivity contribution in [1.82, 2.24) is 29.6 Å². The zero-order valence-corrected chi connectivity index (χ0v) is 14.0. The number of aromatic nitrogens is 6. The molecule has 0 spiro atoms. The van der Waals surface area contributed by atoms with Gasteiger partial charge in [-0.3, -0.25) is 0 Å². The lowest BCUT2D eigenvalue weighted by atomic mass is 10.1. The van der Waals surface area contributed by atoms with Crippen LogP contribution in [0, 0.1) is 5.82 Å². The van der Waals surface area contributed by atoms with E-state index in [0.717, 1.165) is 0 Å². The van der Waals surface area contributed by atoms with Crippen molar-refractivity contribution in [3.63, 3.8) is 0 Å². The third-order valence-electron chi connectivity index (χ3n) is 3.99. The van der Waals surface area contributed by atoms with Crippen molar-refractivity contribution in [2.75, 3.05) is 12.8 Å². The van der Waals surface area contributed by atoms with Crippen LogP contribution in [0.3, 0.4) is 0 Å². The lowest BCUT2D eigenvalue weighted by Gasteiger charge is -2.07. The van der Waals surface area contributed by atoms with Crippen LogP contribution in [-0.2, 0) is 6.54 Å². The molecule has 0 saturated carbocycles. The minimum absolute atomic E-state index is 0.0365. The van der Waals surface area contributed by atoms with Crippen LogP contribution in [-0.4, -0.2) is 42.9 Å². The molecule has 1 aromatic carbocycles. The maximum Gasteiger partial charge on any atom is 0.243 e. The molecule has 1 atom stereocenters. The van der Waals surface area contributed by atoms with Crippen LogP contribution in [0.4, 0.5) is 14.7 Å². The Labute approximate surface area is 146 Å². The SMILES string of the molecule is COc1nc(N)nn2cc(F)c(-c3ccc4nnn(C[C@H](C)F)c4c3)c12. The standard InChI is InChI=1S/C16H15F2N7O/c1-8(17)6-24-12-5-9(3-4-11(12)21-23-24)13-10(18)7-25-14(13)15(26-2)20-16(19)22-25/h3-5,7-8H,6H2,1-2H3,(H2,19,22)/t8-/m0/s1. The molecule has 8 nitrogen and oxygen atoms in total. The van der Waals surface area contributed by atoms with Gasteiger partial charge in [-0.25, -0.2) is 18.0 Å². The van der Waals surface area contributed by atoms with Crippen molar-refractivity contribution < 1.29 is 13.5 Å². The number of benzene rings is 1. The van der Waals surface area contributed by atoms with Crippen molar-refractivity contribution in [1.29, 1.82) is 0 Å². The number of alkyl halides is 1. The molecule has 4 aromatic rings. The Balaban J connectivity index is 1.96. The van der Waals surface area contributed by atoms with Crippen LogP contribution in [0.5, 0.6) is 5.88 Å². The van der Waals surface area contributed by atoms with E-state index in [4.69, 9.17) is 10.5 Å². The van der Waals surface area contributed by atoms with Gasteiger partial charge in [-0.05, 0) is 24.6 Å². The second-order valence-corrected chi connectivity index (χ2v) is 5.88. The quantitative estimate of drug-likeness (QED) is 0.600. The third kappa shape index (κ3) is 2.50. The zero-order chi connectivity index (χ0) is 18.4. The number of anilines is 1. The first-order chi connectivity index (χ1) is 12.5. The summed E-state index contributed by atoms with van der Waals surface area (Å²) in [5, 5.41) is 11.9. The summed E-state index contributed by atoms with van der Waals surface area (Å²) in [4.78, 5) is 4.01. The van der Waals surface area contributed by atoms with Gasteiger partial charge in [0.05, 0.1) is 30.9 Å². The highest BCUT2D eigenvalue weighted by molar-refractivity contribution is 5.89. The Kier molecular flexibility index (Phi) is 3.67. The first kappa shape index (κ1) is 16.2. The van der Waals surface area contributed by atoms with E-state index in [1.165, 1.54) is 29.4 Å². The highest BCUT2D eigenvalue weighted by atomic mass is 19.1. The number of nitrogen functional groups attached to an aromatic ring is 1. The molecule has 0 unspecified atom stereocenters. The van der Waals surface area contributed by atoms with Crippen LogP contribution in [0.15, 0.2) is 24.4 Å². The first-order valence-electron chi connectivity index (χ1n) is 7.84. The smallest absolute Gasteiger partial charge is 0.243 e. The van der Waals surface area contributed by atoms with E-state index in [9.17, 15) is 8.78 Å². The van der Waals surface area contributed by atoms with E-state index in [0.29, 0.717) is 22.1 Å². The van der Waals surface area contributed by atoms with Gasteiger partial charge in [0.15, 0.2) is 5.82 Å². The molecule has 0 bridgehead atoms. The van der Waals surface area contributed by atoms with Gasteiger partial charge in [-0.2, -0.15) is 4.98 Å². The van der Waals surface area contributed by atoms with Crippen molar-refractivity contribution >= 4 is 22.5 Å². The normalized spacial score (nSPS) is 12.8. The molecule has 0 aliphatic carbocycles. The van der Waals surface area contributed by atoms with Gasteiger partial charge in [0, 0.05) is 0 Å². The Hall–Kier alpha value is -3.30. The molecular formula is C16H15F2N7O. The second kappa shape index (κ2) is 5.90. The molecule has 26 heavy (non-hydrogen) atoms. The number of nitrogens with two attached hydrogens (primary N) is 1. The zero-order valence-electron chi connectivity index (χ0n) is 14.0. The number of hydrogen-bond donors (Lipinski definition) is 1. The van der Waals surface area contributed by atoms with Crippen molar-refractivity contribution in [2.24, 2.45) is 0 Å². The predicted molar refractivity (Wildman–Crippen MR) is 91.0 cm³/mol. The summed E-state index contributed by atoms with van der Waals surface area (Å²) >= 11 is 0. The molecule has 10 heteroatoms. The molecule has 134 valence electrons. The first-order valence-corrected chi connectivity index (χ1v) is 7.84. The molecule has 0 saturated heterocycles. The van der Waals surface area contributed by atoms with Gasteiger partial charge >= 0.3 is 0 Å².